The Hall–Kier alpha value is -2.77. The molecule has 7 heteroatoms. The van der Waals surface area contributed by atoms with Gasteiger partial charge in [-0.25, -0.2) is 9.80 Å². The van der Waals surface area contributed by atoms with E-state index >= 15 is 0 Å². The molecule has 5 rings (SSSR count). The van der Waals surface area contributed by atoms with Crippen LogP contribution in [0.5, 0.6) is 11.5 Å². The zero-order valence-corrected chi connectivity index (χ0v) is 21.4. The number of piperidine rings is 1. The fourth-order valence-electron chi connectivity index (χ4n) is 5.65. The Morgan fingerprint density at radius 1 is 1.00 bits per heavy atom. The molecule has 2 saturated heterocycles. The molecule has 7 nitrogen and oxygen atoms in total. The van der Waals surface area contributed by atoms with Crippen LogP contribution in [0.3, 0.4) is 0 Å². The van der Waals surface area contributed by atoms with Gasteiger partial charge in [-0.15, -0.1) is 0 Å². The average molecular weight is 494 g/mol. The number of hydrogen-bond acceptors (Lipinski definition) is 5. The van der Waals surface area contributed by atoms with Crippen molar-refractivity contribution in [1.29, 1.82) is 0 Å². The van der Waals surface area contributed by atoms with Crippen molar-refractivity contribution in [3.63, 3.8) is 0 Å². The molecule has 2 aromatic carbocycles. The van der Waals surface area contributed by atoms with Crippen molar-refractivity contribution in [3.8, 4) is 11.5 Å². The lowest BCUT2D eigenvalue weighted by atomic mass is 9.97. The van der Waals surface area contributed by atoms with Crippen molar-refractivity contribution >= 4 is 6.03 Å². The van der Waals surface area contributed by atoms with E-state index in [9.17, 15) is 4.79 Å². The summed E-state index contributed by atoms with van der Waals surface area (Å²) in [5, 5.41) is 2.16. The van der Waals surface area contributed by atoms with E-state index in [0.717, 1.165) is 55.7 Å². The summed E-state index contributed by atoms with van der Waals surface area (Å²) in [6, 6.07) is 16.8. The second-order valence-corrected chi connectivity index (χ2v) is 10.2. The molecule has 1 N–H and O–H groups in total. The molecule has 36 heavy (non-hydrogen) atoms. The summed E-state index contributed by atoms with van der Waals surface area (Å²) >= 11 is 0. The van der Waals surface area contributed by atoms with Crippen LogP contribution >= 0.6 is 0 Å². The maximum Gasteiger partial charge on any atom is 0.332 e. The molecule has 1 aliphatic carbocycles. The number of nitrogens with one attached hydrogen (secondary N) is 1. The highest BCUT2D eigenvalue weighted by molar-refractivity contribution is 5.73. The van der Waals surface area contributed by atoms with Crippen LogP contribution in [0.4, 0.5) is 4.79 Å². The number of carbonyl (C=O) groups excluding carboxylic acids is 1. The Morgan fingerprint density at radius 3 is 2.61 bits per heavy atom. The number of rotatable bonds is 7. The standard InChI is InChI=1S/C29H39N3O4/c1-34-26-15-14-23(20-27(26)36-25-12-5-6-13-25)28-21-31(17-18-35-28)29(33)30-32-16-8-7-11-24(32)19-22-9-3-2-4-10-22/h2-4,9-10,14-15,20,24-25,28H,5-8,11-13,16-19,21H2,1H3,(H,30,33). The van der Waals surface area contributed by atoms with E-state index in [1.807, 2.05) is 29.2 Å². The lowest BCUT2D eigenvalue weighted by Crippen LogP contribution is -2.57. The van der Waals surface area contributed by atoms with Crippen molar-refractivity contribution in [2.75, 3.05) is 33.4 Å². The van der Waals surface area contributed by atoms with Gasteiger partial charge in [-0.1, -0.05) is 42.8 Å². The van der Waals surface area contributed by atoms with E-state index in [0.29, 0.717) is 25.7 Å². The number of ether oxygens (including phenoxy) is 3. The van der Waals surface area contributed by atoms with Crippen LogP contribution in [0.2, 0.25) is 0 Å². The summed E-state index contributed by atoms with van der Waals surface area (Å²) in [5.41, 5.74) is 5.55. The van der Waals surface area contributed by atoms with Crippen LogP contribution in [0.15, 0.2) is 48.5 Å². The molecule has 3 fully saturated rings. The van der Waals surface area contributed by atoms with Gasteiger partial charge < -0.3 is 19.1 Å². The van der Waals surface area contributed by atoms with Crippen molar-refractivity contribution in [3.05, 3.63) is 59.7 Å². The fourth-order valence-corrected chi connectivity index (χ4v) is 5.65. The molecule has 0 radical (unpaired) electrons. The van der Waals surface area contributed by atoms with E-state index in [1.165, 1.54) is 24.8 Å². The number of hydrogen-bond donors (Lipinski definition) is 1. The summed E-state index contributed by atoms with van der Waals surface area (Å²) in [6.45, 7) is 2.49. The van der Waals surface area contributed by atoms with E-state index in [1.54, 1.807) is 7.11 Å². The number of benzene rings is 2. The Balaban J connectivity index is 1.22. The molecule has 0 aromatic heterocycles. The van der Waals surface area contributed by atoms with Gasteiger partial charge >= 0.3 is 6.03 Å². The minimum absolute atomic E-state index is 0.0424. The van der Waals surface area contributed by atoms with Crippen LogP contribution in [0.1, 0.15) is 62.2 Å². The number of urea groups is 1. The monoisotopic (exact) mass is 493 g/mol. The number of morpholine rings is 1. The quantitative estimate of drug-likeness (QED) is 0.581. The third kappa shape index (κ3) is 6.13. The average Bonchev–Trinajstić information content (AvgIpc) is 3.43. The smallest absolute Gasteiger partial charge is 0.332 e. The number of methoxy groups -OCH3 is 1. The Kier molecular flexibility index (Phi) is 8.29. The normalized spacial score (nSPS) is 23.4. The van der Waals surface area contributed by atoms with Gasteiger partial charge in [0.2, 0.25) is 0 Å². The highest BCUT2D eigenvalue weighted by Crippen LogP contribution is 2.35. The first-order valence-corrected chi connectivity index (χ1v) is 13.5. The molecular weight excluding hydrogens is 454 g/mol. The van der Waals surface area contributed by atoms with Crippen molar-refractivity contribution < 1.29 is 19.0 Å². The van der Waals surface area contributed by atoms with Crippen LogP contribution in [0, 0.1) is 0 Å². The van der Waals surface area contributed by atoms with Crippen molar-refractivity contribution in [1.82, 2.24) is 15.3 Å². The Morgan fingerprint density at radius 2 is 1.81 bits per heavy atom. The van der Waals surface area contributed by atoms with Crippen LogP contribution in [-0.4, -0.2) is 61.4 Å². The van der Waals surface area contributed by atoms with Crippen LogP contribution in [-0.2, 0) is 11.2 Å². The number of hydrazine groups is 1. The second-order valence-electron chi connectivity index (χ2n) is 10.2. The zero-order chi connectivity index (χ0) is 24.7. The van der Waals surface area contributed by atoms with Crippen molar-refractivity contribution in [2.24, 2.45) is 0 Å². The van der Waals surface area contributed by atoms with Crippen molar-refractivity contribution in [2.45, 2.75) is 69.6 Å². The summed E-state index contributed by atoms with van der Waals surface area (Å²) in [6.07, 6.45) is 9.00. The minimum atomic E-state index is -0.192. The SMILES string of the molecule is COc1ccc(C2CN(C(=O)NN3CCCCC3Cc3ccccc3)CCO2)cc1OC1CCCC1. The molecule has 2 atom stereocenters. The van der Waals surface area contributed by atoms with Gasteiger partial charge in [-0.05, 0) is 68.2 Å². The van der Waals surface area contributed by atoms with E-state index < -0.39 is 0 Å². The third-order valence-electron chi connectivity index (χ3n) is 7.69. The highest BCUT2D eigenvalue weighted by Gasteiger charge is 2.30. The number of nitrogens with zero attached hydrogens (tertiary/aromatic N) is 2. The third-order valence-corrected chi connectivity index (χ3v) is 7.69. The molecule has 194 valence electrons. The summed E-state index contributed by atoms with van der Waals surface area (Å²) in [7, 11) is 1.67. The van der Waals surface area contributed by atoms with Gasteiger partial charge in [0, 0.05) is 19.1 Å². The van der Waals surface area contributed by atoms with E-state index in [-0.39, 0.29) is 18.2 Å². The molecule has 2 aliphatic heterocycles. The summed E-state index contributed by atoms with van der Waals surface area (Å²) in [5.74, 6) is 1.51. The lowest BCUT2D eigenvalue weighted by molar-refractivity contribution is -0.0208. The van der Waals surface area contributed by atoms with Crippen LogP contribution < -0.4 is 14.9 Å². The predicted octanol–water partition coefficient (Wildman–Crippen LogP) is 5.11. The van der Waals surface area contributed by atoms with Gasteiger partial charge in [-0.2, -0.15) is 0 Å². The first-order chi connectivity index (χ1) is 17.7. The predicted molar refractivity (Wildman–Crippen MR) is 139 cm³/mol. The number of carbonyl (C=O) groups is 1. The second kappa shape index (κ2) is 12.0. The molecule has 0 bridgehead atoms. The summed E-state index contributed by atoms with van der Waals surface area (Å²) < 4.78 is 17.9. The topological polar surface area (TPSA) is 63.3 Å². The largest absolute Gasteiger partial charge is 0.493 e. The van der Waals surface area contributed by atoms with Gasteiger partial charge in [0.25, 0.3) is 0 Å². The molecule has 2 amide bonds. The van der Waals surface area contributed by atoms with Gasteiger partial charge in [-0.3, -0.25) is 5.43 Å². The van der Waals surface area contributed by atoms with Gasteiger partial charge in [0.05, 0.1) is 26.4 Å². The molecular formula is C29H39N3O4. The molecule has 1 saturated carbocycles. The van der Waals surface area contributed by atoms with Gasteiger partial charge in [0.1, 0.15) is 6.10 Å². The van der Waals surface area contributed by atoms with E-state index in [4.69, 9.17) is 14.2 Å². The zero-order valence-electron chi connectivity index (χ0n) is 21.4. The molecule has 2 heterocycles. The molecule has 3 aliphatic rings. The molecule has 2 aromatic rings. The van der Waals surface area contributed by atoms with E-state index in [2.05, 4.69) is 34.7 Å². The van der Waals surface area contributed by atoms with Gasteiger partial charge in [0.15, 0.2) is 11.5 Å². The Bertz CT molecular complexity index is 995. The first kappa shape index (κ1) is 24.9. The maximum atomic E-state index is 13.3. The minimum Gasteiger partial charge on any atom is -0.493 e. The lowest BCUT2D eigenvalue weighted by Gasteiger charge is -2.39. The first-order valence-electron chi connectivity index (χ1n) is 13.5. The Labute approximate surface area is 214 Å². The highest BCUT2D eigenvalue weighted by atomic mass is 16.5. The van der Waals surface area contributed by atoms with Crippen LogP contribution in [0.25, 0.3) is 0 Å². The fraction of sp³-hybridized carbons (Fsp3) is 0.552. The molecule has 0 spiro atoms. The summed E-state index contributed by atoms with van der Waals surface area (Å²) in [4.78, 5) is 15.2. The molecule has 2 unspecified atom stereocenters. The number of amides is 2. The maximum absolute atomic E-state index is 13.3.